The molecule has 3 N–H and O–H groups in total. The van der Waals surface area contributed by atoms with E-state index < -0.39 is 0 Å². The van der Waals surface area contributed by atoms with Gasteiger partial charge in [-0.2, -0.15) is 5.10 Å². The van der Waals surface area contributed by atoms with Crippen LogP contribution in [0.2, 0.25) is 5.02 Å². The van der Waals surface area contributed by atoms with Crippen molar-refractivity contribution < 1.29 is 0 Å². The summed E-state index contributed by atoms with van der Waals surface area (Å²) in [6.45, 7) is 4.16. The second-order valence-electron chi connectivity index (χ2n) is 4.91. The van der Waals surface area contributed by atoms with E-state index in [1.165, 1.54) is 0 Å². The number of halogens is 1. The summed E-state index contributed by atoms with van der Waals surface area (Å²) in [7, 11) is 0. The van der Waals surface area contributed by atoms with Crippen molar-refractivity contribution in [2.75, 3.05) is 18.4 Å². The van der Waals surface area contributed by atoms with Crippen LogP contribution in [0.4, 0.5) is 5.82 Å². The lowest BCUT2D eigenvalue weighted by molar-refractivity contribution is 0.785. The third-order valence-corrected chi connectivity index (χ3v) is 3.80. The summed E-state index contributed by atoms with van der Waals surface area (Å²) in [6.07, 6.45) is 1.14. The number of hydrogen-bond acceptors (Lipinski definition) is 3. The fraction of sp³-hybridized carbons (Fsp3) is 0.357. The summed E-state index contributed by atoms with van der Waals surface area (Å²) in [6, 6.07) is 8.27. The first-order valence-electron chi connectivity index (χ1n) is 6.52. The summed E-state index contributed by atoms with van der Waals surface area (Å²) >= 11 is 5.91. The number of nitrogens with zero attached hydrogens (tertiary/aromatic N) is 1. The molecule has 100 valence electrons. The average molecular weight is 277 g/mol. The van der Waals surface area contributed by atoms with Gasteiger partial charge in [0.25, 0.3) is 0 Å². The predicted octanol–water partition coefficient (Wildman–Crippen LogP) is 2.81. The molecule has 3 rings (SSSR count). The molecule has 1 aromatic carbocycles. The molecule has 0 aliphatic carbocycles. The number of H-pyrrole nitrogens is 1. The molecule has 19 heavy (non-hydrogen) atoms. The van der Waals surface area contributed by atoms with Gasteiger partial charge in [0, 0.05) is 23.2 Å². The molecule has 1 atom stereocenters. The van der Waals surface area contributed by atoms with E-state index in [-0.39, 0.29) is 0 Å². The van der Waals surface area contributed by atoms with Gasteiger partial charge >= 0.3 is 0 Å². The molecule has 1 aliphatic heterocycles. The van der Waals surface area contributed by atoms with Gasteiger partial charge in [0.05, 0.1) is 5.69 Å². The van der Waals surface area contributed by atoms with Crippen LogP contribution in [0, 0.1) is 6.92 Å². The number of aromatic nitrogens is 2. The zero-order valence-electron chi connectivity index (χ0n) is 10.8. The van der Waals surface area contributed by atoms with Crippen molar-refractivity contribution in [3.8, 4) is 11.3 Å². The molecule has 2 aromatic rings. The number of benzene rings is 1. The van der Waals surface area contributed by atoms with Crippen LogP contribution in [0.5, 0.6) is 0 Å². The molecule has 1 fully saturated rings. The van der Waals surface area contributed by atoms with E-state index in [1.54, 1.807) is 0 Å². The molecule has 0 saturated carbocycles. The number of aromatic amines is 1. The first-order valence-corrected chi connectivity index (χ1v) is 6.90. The second kappa shape index (κ2) is 5.23. The van der Waals surface area contributed by atoms with Crippen LogP contribution >= 0.6 is 11.6 Å². The molecule has 0 amide bonds. The Morgan fingerprint density at radius 3 is 2.79 bits per heavy atom. The van der Waals surface area contributed by atoms with Crippen molar-refractivity contribution in [1.29, 1.82) is 0 Å². The number of hydrogen-bond donors (Lipinski definition) is 3. The monoisotopic (exact) mass is 276 g/mol. The highest BCUT2D eigenvalue weighted by atomic mass is 35.5. The molecule has 1 unspecified atom stereocenters. The summed E-state index contributed by atoms with van der Waals surface area (Å²) in [4.78, 5) is 0. The molecule has 0 radical (unpaired) electrons. The van der Waals surface area contributed by atoms with Gasteiger partial charge in [-0.1, -0.05) is 23.7 Å². The Hall–Kier alpha value is -1.52. The minimum absolute atomic E-state index is 0.472. The largest absolute Gasteiger partial charge is 0.364 e. The maximum absolute atomic E-state index is 5.91. The SMILES string of the molecule is Cc1c(NC2CCNC2)n[nH]c1-c1ccc(Cl)cc1. The Labute approximate surface area is 117 Å². The lowest BCUT2D eigenvalue weighted by Crippen LogP contribution is -2.22. The first kappa shape index (κ1) is 12.5. The van der Waals surface area contributed by atoms with Crippen LogP contribution in [0.3, 0.4) is 0 Å². The second-order valence-corrected chi connectivity index (χ2v) is 5.35. The van der Waals surface area contributed by atoms with E-state index >= 15 is 0 Å². The topological polar surface area (TPSA) is 52.7 Å². The highest BCUT2D eigenvalue weighted by Crippen LogP contribution is 2.27. The zero-order valence-corrected chi connectivity index (χ0v) is 11.6. The molecular weight excluding hydrogens is 260 g/mol. The van der Waals surface area contributed by atoms with Crippen molar-refractivity contribution in [3.63, 3.8) is 0 Å². The van der Waals surface area contributed by atoms with Crippen LogP contribution in [-0.2, 0) is 0 Å². The average Bonchev–Trinajstić information content (AvgIpc) is 3.03. The van der Waals surface area contributed by atoms with Gasteiger partial charge in [-0.3, -0.25) is 5.10 Å². The highest BCUT2D eigenvalue weighted by Gasteiger charge is 2.17. The number of anilines is 1. The standard InChI is InChI=1S/C14H17ClN4/c1-9-13(10-2-4-11(15)5-3-10)18-19-14(9)17-12-6-7-16-8-12/h2-5,12,16H,6-8H2,1H3,(H2,17,18,19). The zero-order chi connectivity index (χ0) is 13.2. The van der Waals surface area contributed by atoms with Crippen LogP contribution in [0.15, 0.2) is 24.3 Å². The molecule has 5 heteroatoms. The molecule has 1 aromatic heterocycles. The number of nitrogens with one attached hydrogen (secondary N) is 3. The smallest absolute Gasteiger partial charge is 0.151 e. The number of rotatable bonds is 3. The third-order valence-electron chi connectivity index (χ3n) is 3.54. The van der Waals surface area contributed by atoms with Crippen molar-refractivity contribution in [1.82, 2.24) is 15.5 Å². The van der Waals surface area contributed by atoms with Gasteiger partial charge in [-0.25, -0.2) is 0 Å². The van der Waals surface area contributed by atoms with E-state index in [9.17, 15) is 0 Å². The van der Waals surface area contributed by atoms with Crippen molar-refractivity contribution >= 4 is 17.4 Å². The molecule has 0 bridgehead atoms. The summed E-state index contributed by atoms with van der Waals surface area (Å²) < 4.78 is 0. The van der Waals surface area contributed by atoms with Crippen LogP contribution in [-0.4, -0.2) is 29.3 Å². The van der Waals surface area contributed by atoms with Gasteiger partial charge in [0.2, 0.25) is 0 Å². The summed E-state index contributed by atoms with van der Waals surface area (Å²) in [5.41, 5.74) is 3.30. The Bertz CT molecular complexity index is 555. The highest BCUT2D eigenvalue weighted by molar-refractivity contribution is 6.30. The quantitative estimate of drug-likeness (QED) is 0.808. The van der Waals surface area contributed by atoms with Gasteiger partial charge in [-0.15, -0.1) is 0 Å². The lowest BCUT2D eigenvalue weighted by Gasteiger charge is -2.10. The van der Waals surface area contributed by atoms with E-state index in [1.807, 2.05) is 24.3 Å². The molecule has 4 nitrogen and oxygen atoms in total. The van der Waals surface area contributed by atoms with E-state index in [0.717, 1.165) is 47.2 Å². The van der Waals surface area contributed by atoms with Gasteiger partial charge < -0.3 is 10.6 Å². The van der Waals surface area contributed by atoms with Crippen molar-refractivity contribution in [2.45, 2.75) is 19.4 Å². The van der Waals surface area contributed by atoms with Crippen molar-refractivity contribution in [2.24, 2.45) is 0 Å². The maximum atomic E-state index is 5.91. The fourth-order valence-electron chi connectivity index (χ4n) is 2.41. The molecular formula is C14H17ClN4. The maximum Gasteiger partial charge on any atom is 0.151 e. The predicted molar refractivity (Wildman–Crippen MR) is 78.7 cm³/mol. The first-order chi connectivity index (χ1) is 9.24. The van der Waals surface area contributed by atoms with Crippen molar-refractivity contribution in [3.05, 3.63) is 34.9 Å². The molecule has 0 spiro atoms. The Kier molecular flexibility index (Phi) is 3.44. The minimum atomic E-state index is 0.472. The van der Waals surface area contributed by atoms with Gasteiger partial charge in [0.1, 0.15) is 0 Å². The summed E-state index contributed by atoms with van der Waals surface area (Å²) in [5, 5.41) is 15.1. The van der Waals surface area contributed by atoms with Crippen LogP contribution < -0.4 is 10.6 Å². The Morgan fingerprint density at radius 2 is 2.11 bits per heavy atom. The normalized spacial score (nSPS) is 18.7. The van der Waals surface area contributed by atoms with Crippen LogP contribution in [0.1, 0.15) is 12.0 Å². The van der Waals surface area contributed by atoms with E-state index in [4.69, 9.17) is 11.6 Å². The third kappa shape index (κ3) is 2.60. The van der Waals surface area contributed by atoms with Gasteiger partial charge in [0.15, 0.2) is 5.82 Å². The molecule has 1 saturated heterocycles. The Morgan fingerprint density at radius 1 is 1.32 bits per heavy atom. The van der Waals surface area contributed by atoms with E-state index in [0.29, 0.717) is 6.04 Å². The molecule has 2 heterocycles. The van der Waals surface area contributed by atoms with Gasteiger partial charge in [-0.05, 0) is 37.6 Å². The Balaban J connectivity index is 1.83. The summed E-state index contributed by atoms with van der Waals surface area (Å²) in [5.74, 6) is 0.943. The molecule has 1 aliphatic rings. The van der Waals surface area contributed by atoms with E-state index in [2.05, 4.69) is 27.8 Å². The fourth-order valence-corrected chi connectivity index (χ4v) is 2.53. The lowest BCUT2D eigenvalue weighted by atomic mass is 10.1. The minimum Gasteiger partial charge on any atom is -0.364 e. The van der Waals surface area contributed by atoms with Crippen LogP contribution in [0.25, 0.3) is 11.3 Å².